The standard InChI is InChI=1S/C106H74N2O2/c1-3-20-71(4-2)92-63-49-82(67-100(92)79-25-12-7-13-26-79)75-45-59-89(60-46-75)108(90-61-47-77(48-62-90)85-52-66-99-97-28-15-17-34-104(97)110-106(99)70-85)102-32-19-30-94-91(29-18-31-95(94)102)80-35-37-81(38-36-80)101-68-83(50-64-93(101)78-23-10-6-11-24-78)74-41-55-87(56-42-74)107(86-53-39-73(40-54-86)72-21-8-5-9-22-72)88-57-43-76(44-58-88)84-51-65-98-96-27-14-16-33-103(96)109-105(98)69-84/h3-70H,1-2H3/b20-3-,71-4+. The lowest BCUT2D eigenvalue weighted by atomic mass is 9.89. The highest BCUT2D eigenvalue weighted by Crippen LogP contribution is 2.46. The maximum absolute atomic E-state index is 6.39. The van der Waals surface area contributed by atoms with Gasteiger partial charge in [0.1, 0.15) is 22.3 Å². The van der Waals surface area contributed by atoms with E-state index < -0.39 is 0 Å². The van der Waals surface area contributed by atoms with Crippen molar-refractivity contribution in [3.8, 4) is 100 Å². The lowest BCUT2D eigenvalue weighted by Gasteiger charge is -2.27. The Hall–Kier alpha value is -14.3. The fourth-order valence-corrected chi connectivity index (χ4v) is 16.1. The van der Waals surface area contributed by atoms with E-state index in [-0.39, 0.29) is 0 Å². The zero-order valence-electron chi connectivity index (χ0n) is 61.0. The predicted octanol–water partition coefficient (Wildman–Crippen LogP) is 30.6. The van der Waals surface area contributed by atoms with Gasteiger partial charge in [-0.05, 0) is 246 Å². The van der Waals surface area contributed by atoms with Gasteiger partial charge in [0.2, 0.25) is 0 Å². The van der Waals surface area contributed by atoms with Crippen LogP contribution in [0.25, 0.3) is 160 Å². The number of allylic oxidation sites excluding steroid dienone is 4. The van der Waals surface area contributed by atoms with Crippen molar-refractivity contribution in [3.63, 3.8) is 0 Å². The maximum atomic E-state index is 6.39. The lowest BCUT2D eigenvalue weighted by molar-refractivity contribution is 0.668. The molecule has 19 aromatic rings. The number of anilines is 6. The molecule has 0 aliphatic rings. The number of fused-ring (bicyclic) bond motifs is 7. The third kappa shape index (κ3) is 12.6. The molecule has 0 radical (unpaired) electrons. The fourth-order valence-electron chi connectivity index (χ4n) is 16.1. The van der Waals surface area contributed by atoms with Gasteiger partial charge in [-0.1, -0.05) is 297 Å². The van der Waals surface area contributed by atoms with Gasteiger partial charge in [-0.3, -0.25) is 0 Å². The van der Waals surface area contributed by atoms with E-state index in [9.17, 15) is 0 Å². The van der Waals surface area contributed by atoms with E-state index >= 15 is 0 Å². The smallest absolute Gasteiger partial charge is 0.136 e. The average Bonchev–Trinajstić information content (AvgIpc) is 0.904. The molecule has 0 fully saturated rings. The number of rotatable bonds is 17. The van der Waals surface area contributed by atoms with Crippen molar-refractivity contribution in [1.82, 2.24) is 0 Å². The minimum absolute atomic E-state index is 0.880. The molecule has 0 N–H and O–H groups in total. The van der Waals surface area contributed by atoms with E-state index in [1.807, 2.05) is 24.3 Å². The van der Waals surface area contributed by atoms with Gasteiger partial charge in [-0.2, -0.15) is 0 Å². The lowest BCUT2D eigenvalue weighted by Crippen LogP contribution is -2.10. The molecule has 110 heavy (non-hydrogen) atoms. The third-order valence-corrected chi connectivity index (χ3v) is 21.6. The van der Waals surface area contributed by atoms with Crippen LogP contribution < -0.4 is 9.80 Å². The van der Waals surface area contributed by atoms with Crippen LogP contribution in [0, 0.1) is 0 Å². The topological polar surface area (TPSA) is 32.8 Å². The van der Waals surface area contributed by atoms with Gasteiger partial charge in [-0.25, -0.2) is 0 Å². The molecule has 4 heteroatoms. The van der Waals surface area contributed by atoms with Crippen molar-refractivity contribution in [3.05, 3.63) is 418 Å². The first-order valence-corrected chi connectivity index (χ1v) is 37.7. The quantitative estimate of drug-likeness (QED) is 0.0851. The molecule has 0 unspecified atom stereocenters. The van der Waals surface area contributed by atoms with E-state index in [4.69, 9.17) is 8.83 Å². The Labute approximate surface area is 641 Å². The van der Waals surface area contributed by atoms with Crippen molar-refractivity contribution >= 4 is 94.3 Å². The minimum atomic E-state index is 0.880. The van der Waals surface area contributed by atoms with E-state index in [0.717, 1.165) is 161 Å². The summed E-state index contributed by atoms with van der Waals surface area (Å²) in [7, 11) is 0. The van der Waals surface area contributed by atoms with Gasteiger partial charge in [0, 0.05) is 55.4 Å². The fraction of sp³-hybridized carbons (Fsp3) is 0.0189. The normalized spacial score (nSPS) is 11.7. The first-order valence-electron chi connectivity index (χ1n) is 37.7. The van der Waals surface area contributed by atoms with Crippen molar-refractivity contribution in [2.45, 2.75) is 13.8 Å². The number of furan rings is 2. The monoisotopic (exact) mass is 1410 g/mol. The molecule has 0 aliphatic heterocycles. The van der Waals surface area contributed by atoms with E-state index in [1.165, 1.54) is 39.0 Å². The van der Waals surface area contributed by atoms with Crippen molar-refractivity contribution in [1.29, 1.82) is 0 Å². The van der Waals surface area contributed by atoms with E-state index in [1.54, 1.807) is 0 Å². The second-order valence-corrected chi connectivity index (χ2v) is 28.1. The molecule has 2 heterocycles. The number of nitrogens with zero attached hydrogens (tertiary/aromatic N) is 2. The highest BCUT2D eigenvalue weighted by Gasteiger charge is 2.22. The molecule has 4 nitrogen and oxygen atoms in total. The first-order chi connectivity index (χ1) is 54.4. The minimum Gasteiger partial charge on any atom is -0.456 e. The molecule has 0 saturated heterocycles. The Kier molecular flexibility index (Phi) is 17.4. The molecule has 0 bridgehead atoms. The summed E-state index contributed by atoms with van der Waals surface area (Å²) in [5, 5.41) is 6.80. The zero-order chi connectivity index (χ0) is 73.4. The number of para-hydroxylation sites is 2. The largest absolute Gasteiger partial charge is 0.456 e. The molecule has 17 aromatic carbocycles. The summed E-state index contributed by atoms with van der Waals surface area (Å²) >= 11 is 0. The summed E-state index contributed by atoms with van der Waals surface area (Å²) in [5.41, 5.74) is 33.0. The second kappa shape index (κ2) is 28.9. The Morgan fingerprint density at radius 1 is 0.218 bits per heavy atom. The highest BCUT2D eigenvalue weighted by molar-refractivity contribution is 6.09. The summed E-state index contributed by atoms with van der Waals surface area (Å²) in [6.07, 6.45) is 6.50. The zero-order valence-corrected chi connectivity index (χ0v) is 61.0. The Balaban J connectivity index is 0.657. The van der Waals surface area contributed by atoms with Crippen LogP contribution in [0.2, 0.25) is 0 Å². The second-order valence-electron chi connectivity index (χ2n) is 28.1. The molecule has 0 atom stereocenters. The van der Waals surface area contributed by atoms with Crippen LogP contribution in [0.3, 0.4) is 0 Å². The van der Waals surface area contributed by atoms with Crippen LogP contribution in [0.15, 0.2) is 421 Å². The van der Waals surface area contributed by atoms with E-state index in [0.29, 0.717) is 0 Å². The molecule has 2 aromatic heterocycles. The molecule has 520 valence electrons. The Morgan fingerprint density at radius 2 is 0.555 bits per heavy atom. The van der Waals surface area contributed by atoms with Gasteiger partial charge >= 0.3 is 0 Å². The van der Waals surface area contributed by atoms with Crippen LogP contribution in [0.1, 0.15) is 19.4 Å². The van der Waals surface area contributed by atoms with Crippen LogP contribution in [0.4, 0.5) is 34.1 Å². The van der Waals surface area contributed by atoms with Crippen molar-refractivity contribution < 1.29 is 8.83 Å². The average molecular weight is 1410 g/mol. The summed E-state index contributed by atoms with van der Waals surface area (Å²) in [6.45, 7) is 4.19. The van der Waals surface area contributed by atoms with Gasteiger partial charge in [0.05, 0.1) is 5.69 Å². The van der Waals surface area contributed by atoms with Crippen molar-refractivity contribution in [2.24, 2.45) is 0 Å². The van der Waals surface area contributed by atoms with Gasteiger partial charge in [-0.15, -0.1) is 0 Å². The molecule has 19 rings (SSSR count). The molecule has 0 saturated carbocycles. The van der Waals surface area contributed by atoms with E-state index in [2.05, 4.69) is 412 Å². The number of hydrogen-bond donors (Lipinski definition) is 0. The number of hydrogen-bond acceptors (Lipinski definition) is 4. The van der Waals surface area contributed by atoms with Crippen LogP contribution in [-0.2, 0) is 0 Å². The molecule has 0 aliphatic carbocycles. The molecular weight excluding hydrogens is 1330 g/mol. The Morgan fingerprint density at radius 3 is 1.05 bits per heavy atom. The van der Waals surface area contributed by atoms with Gasteiger partial charge in [0.15, 0.2) is 0 Å². The summed E-state index contributed by atoms with van der Waals surface area (Å²) in [6, 6.07) is 143. The van der Waals surface area contributed by atoms with Gasteiger partial charge in [0.25, 0.3) is 0 Å². The maximum Gasteiger partial charge on any atom is 0.136 e. The number of benzene rings is 17. The van der Waals surface area contributed by atoms with Crippen LogP contribution in [-0.4, -0.2) is 0 Å². The van der Waals surface area contributed by atoms with Crippen LogP contribution in [0.5, 0.6) is 0 Å². The SMILES string of the molecule is C/C=C\C(=C/C)c1ccc(-c2ccc(N(c3ccc(-c4ccc5c(c4)oc4ccccc45)cc3)c3cccc4c(-c5ccc(-c6cc(-c7ccc(N(c8ccc(-c9ccccc9)cc8)c8ccc(-c9ccc%10c(c9)oc9ccccc9%10)cc8)cc7)ccc6-c6ccccc6)cc5)cccc34)cc2)cc1-c1ccccc1. The Bertz CT molecular complexity index is 6650. The predicted molar refractivity (Wildman–Crippen MR) is 465 cm³/mol. The third-order valence-electron chi connectivity index (χ3n) is 21.6. The molecule has 0 amide bonds. The van der Waals surface area contributed by atoms with Crippen LogP contribution >= 0.6 is 0 Å². The summed E-state index contributed by atoms with van der Waals surface area (Å²) in [4.78, 5) is 4.76. The summed E-state index contributed by atoms with van der Waals surface area (Å²) in [5.74, 6) is 0. The highest BCUT2D eigenvalue weighted by atomic mass is 16.3. The first kappa shape index (κ1) is 66.4. The van der Waals surface area contributed by atoms with Crippen molar-refractivity contribution in [2.75, 3.05) is 9.80 Å². The van der Waals surface area contributed by atoms with Gasteiger partial charge < -0.3 is 18.6 Å². The summed E-state index contributed by atoms with van der Waals surface area (Å²) < 4.78 is 12.7. The molecule has 0 spiro atoms. The molecular formula is C106H74N2O2.